The molecule has 2 heterocycles. The lowest BCUT2D eigenvalue weighted by Gasteiger charge is -2.09. The Hall–Kier alpha value is -3.36. The maximum absolute atomic E-state index is 13.6. The Labute approximate surface area is 146 Å². The molecule has 0 unspecified atom stereocenters. The van der Waals surface area contributed by atoms with E-state index in [1.807, 2.05) is 6.92 Å². The Bertz CT molecular complexity index is 1010. The maximum atomic E-state index is 13.6. The van der Waals surface area contributed by atoms with Crippen LogP contribution in [0.1, 0.15) is 12.8 Å². The first kappa shape index (κ1) is 17.5. The van der Waals surface area contributed by atoms with E-state index in [-0.39, 0.29) is 11.6 Å². The first-order valence-corrected chi connectivity index (χ1v) is 7.74. The summed E-state index contributed by atoms with van der Waals surface area (Å²) in [5.74, 6) is -1.50. The molecule has 3 rings (SSSR count). The number of carbonyl (C=O) groups excluding carboxylic acids is 1. The van der Waals surface area contributed by atoms with Crippen LogP contribution in [0.4, 0.5) is 14.5 Å². The van der Waals surface area contributed by atoms with Crippen molar-refractivity contribution in [2.24, 2.45) is 0 Å². The van der Waals surface area contributed by atoms with E-state index in [1.54, 1.807) is 0 Å². The van der Waals surface area contributed by atoms with Gasteiger partial charge in [-0.2, -0.15) is 0 Å². The minimum Gasteiger partial charge on any atom is -0.421 e. The predicted octanol–water partition coefficient (Wildman–Crippen LogP) is 2.38. The molecule has 1 amide bonds. The van der Waals surface area contributed by atoms with Crippen molar-refractivity contribution in [3.63, 3.8) is 0 Å². The highest BCUT2D eigenvalue weighted by molar-refractivity contribution is 5.90. The van der Waals surface area contributed by atoms with Crippen molar-refractivity contribution in [2.75, 3.05) is 5.32 Å². The molecule has 134 valence electrons. The summed E-state index contributed by atoms with van der Waals surface area (Å²) >= 11 is 0. The van der Waals surface area contributed by atoms with Crippen molar-refractivity contribution >= 4 is 11.6 Å². The highest BCUT2D eigenvalue weighted by Crippen LogP contribution is 2.17. The van der Waals surface area contributed by atoms with Gasteiger partial charge in [0.25, 0.3) is 5.56 Å². The van der Waals surface area contributed by atoms with Crippen molar-refractivity contribution in [2.45, 2.75) is 19.9 Å². The summed E-state index contributed by atoms with van der Waals surface area (Å²) < 4.78 is 33.3. The van der Waals surface area contributed by atoms with E-state index in [2.05, 4.69) is 15.5 Å². The second-order valence-corrected chi connectivity index (χ2v) is 5.41. The van der Waals surface area contributed by atoms with Gasteiger partial charge in [-0.3, -0.25) is 9.59 Å². The number of carbonyl (C=O) groups is 1. The van der Waals surface area contributed by atoms with E-state index >= 15 is 0 Å². The van der Waals surface area contributed by atoms with Gasteiger partial charge in [-0.1, -0.05) is 6.92 Å². The molecule has 3 aromatic rings. The number of amides is 1. The number of hydrogen-bond donors (Lipinski definition) is 1. The van der Waals surface area contributed by atoms with Gasteiger partial charge in [0.1, 0.15) is 18.2 Å². The molecule has 0 spiro atoms. The van der Waals surface area contributed by atoms with E-state index < -0.39 is 29.6 Å². The van der Waals surface area contributed by atoms with Crippen LogP contribution >= 0.6 is 0 Å². The summed E-state index contributed by atoms with van der Waals surface area (Å²) in [4.78, 5) is 24.0. The van der Waals surface area contributed by atoms with E-state index in [0.717, 1.165) is 22.8 Å². The fourth-order valence-electron chi connectivity index (χ4n) is 2.23. The number of nitrogens with one attached hydrogen (secondary N) is 1. The van der Waals surface area contributed by atoms with Crippen molar-refractivity contribution < 1.29 is 18.0 Å². The zero-order chi connectivity index (χ0) is 18.7. The van der Waals surface area contributed by atoms with E-state index in [1.165, 1.54) is 18.3 Å². The summed E-state index contributed by atoms with van der Waals surface area (Å²) in [5.41, 5.74) is -0.288. The Morgan fingerprint density at radius 2 is 2.04 bits per heavy atom. The molecule has 1 aromatic carbocycles. The number of hydrogen-bond acceptors (Lipinski definition) is 5. The van der Waals surface area contributed by atoms with Gasteiger partial charge in [-0.05, 0) is 18.2 Å². The zero-order valence-electron chi connectivity index (χ0n) is 13.7. The van der Waals surface area contributed by atoms with Crippen molar-refractivity contribution in [3.8, 4) is 11.5 Å². The smallest absolute Gasteiger partial charge is 0.251 e. The Kier molecular flexibility index (Phi) is 4.87. The first-order valence-electron chi connectivity index (χ1n) is 7.74. The zero-order valence-corrected chi connectivity index (χ0v) is 13.7. The predicted molar refractivity (Wildman–Crippen MR) is 88.4 cm³/mol. The number of rotatable bonds is 5. The normalized spacial score (nSPS) is 10.7. The number of aromatic nitrogens is 3. The number of nitrogens with zero attached hydrogens (tertiary/aromatic N) is 3. The standard InChI is InChI=1S/C17H14F2N4O3/c1-2-15-21-22-17(26-15)10-3-6-16(25)23(8-10)9-14(24)20-13-7-11(18)4-5-12(13)19/h3-8H,2,9H2,1H3,(H,20,24). The Morgan fingerprint density at radius 3 is 2.77 bits per heavy atom. The van der Waals surface area contributed by atoms with Crippen LogP contribution in [0.15, 0.2) is 45.7 Å². The lowest BCUT2D eigenvalue weighted by Crippen LogP contribution is -2.27. The molecule has 0 radical (unpaired) electrons. The molecular formula is C17H14F2N4O3. The fraction of sp³-hybridized carbons (Fsp3) is 0.176. The first-order chi connectivity index (χ1) is 12.5. The minimum atomic E-state index is -0.779. The van der Waals surface area contributed by atoms with Crippen LogP contribution in [0.25, 0.3) is 11.5 Å². The summed E-state index contributed by atoms with van der Waals surface area (Å²) in [6.45, 7) is 1.46. The lowest BCUT2D eigenvalue weighted by atomic mass is 10.2. The van der Waals surface area contributed by atoms with Crippen molar-refractivity contribution in [1.29, 1.82) is 0 Å². The molecule has 0 atom stereocenters. The Morgan fingerprint density at radius 1 is 1.23 bits per heavy atom. The van der Waals surface area contributed by atoms with Crippen molar-refractivity contribution in [1.82, 2.24) is 14.8 Å². The molecule has 0 aliphatic rings. The number of pyridine rings is 1. The van der Waals surface area contributed by atoms with Crippen LogP contribution in [0.3, 0.4) is 0 Å². The lowest BCUT2D eigenvalue weighted by molar-refractivity contribution is -0.116. The quantitative estimate of drug-likeness (QED) is 0.754. The fourth-order valence-corrected chi connectivity index (χ4v) is 2.23. The molecular weight excluding hydrogens is 346 g/mol. The number of aryl methyl sites for hydroxylation is 1. The number of halogens is 2. The molecule has 0 saturated heterocycles. The topological polar surface area (TPSA) is 90.0 Å². The molecule has 0 aliphatic carbocycles. The average Bonchev–Trinajstić information content (AvgIpc) is 3.09. The summed E-state index contributed by atoms with van der Waals surface area (Å²) in [6, 6.07) is 5.45. The highest BCUT2D eigenvalue weighted by atomic mass is 19.1. The summed E-state index contributed by atoms with van der Waals surface area (Å²) in [6.07, 6.45) is 1.95. The molecule has 0 bridgehead atoms. The summed E-state index contributed by atoms with van der Waals surface area (Å²) in [5, 5.41) is 9.94. The van der Waals surface area contributed by atoms with Gasteiger partial charge in [0, 0.05) is 24.8 Å². The van der Waals surface area contributed by atoms with Gasteiger partial charge < -0.3 is 14.3 Å². The van der Waals surface area contributed by atoms with Gasteiger partial charge in [0.05, 0.1) is 11.3 Å². The second-order valence-electron chi connectivity index (χ2n) is 5.41. The monoisotopic (exact) mass is 360 g/mol. The van der Waals surface area contributed by atoms with Crippen LogP contribution in [0.5, 0.6) is 0 Å². The minimum absolute atomic E-state index is 0.215. The second kappa shape index (κ2) is 7.26. The molecule has 0 aliphatic heterocycles. The summed E-state index contributed by atoms with van der Waals surface area (Å²) in [7, 11) is 0. The van der Waals surface area contributed by atoms with E-state index in [9.17, 15) is 18.4 Å². The molecule has 26 heavy (non-hydrogen) atoms. The molecule has 2 aromatic heterocycles. The maximum Gasteiger partial charge on any atom is 0.251 e. The van der Waals surface area contributed by atoms with E-state index in [4.69, 9.17) is 4.42 Å². The van der Waals surface area contributed by atoms with E-state index in [0.29, 0.717) is 17.9 Å². The van der Waals surface area contributed by atoms with Gasteiger partial charge in [0.15, 0.2) is 0 Å². The largest absolute Gasteiger partial charge is 0.421 e. The van der Waals surface area contributed by atoms with Crippen molar-refractivity contribution in [3.05, 3.63) is 64.4 Å². The molecule has 7 nitrogen and oxygen atoms in total. The van der Waals surface area contributed by atoms with Crippen LogP contribution in [-0.2, 0) is 17.8 Å². The van der Waals surface area contributed by atoms with Crippen LogP contribution in [0, 0.1) is 11.6 Å². The van der Waals surface area contributed by atoms with Crippen LogP contribution in [-0.4, -0.2) is 20.7 Å². The molecule has 0 fully saturated rings. The molecule has 1 N–H and O–H groups in total. The number of anilines is 1. The highest BCUT2D eigenvalue weighted by Gasteiger charge is 2.12. The van der Waals surface area contributed by atoms with Crippen LogP contribution < -0.4 is 10.9 Å². The SMILES string of the molecule is CCc1nnc(-c2ccc(=O)n(CC(=O)Nc3cc(F)ccc3F)c2)o1. The van der Waals surface area contributed by atoms with Gasteiger partial charge >= 0.3 is 0 Å². The molecule has 0 saturated carbocycles. The third-order valence-corrected chi connectivity index (χ3v) is 3.52. The van der Waals surface area contributed by atoms with Gasteiger partial charge in [-0.25, -0.2) is 8.78 Å². The Balaban J connectivity index is 1.80. The third kappa shape index (κ3) is 3.82. The number of benzene rings is 1. The molecule has 9 heteroatoms. The van der Waals surface area contributed by atoms with Gasteiger partial charge in [-0.15, -0.1) is 10.2 Å². The third-order valence-electron chi connectivity index (χ3n) is 3.52. The van der Waals surface area contributed by atoms with Crippen LogP contribution in [0.2, 0.25) is 0 Å². The van der Waals surface area contributed by atoms with Gasteiger partial charge in [0.2, 0.25) is 17.7 Å². The average molecular weight is 360 g/mol.